The Hall–Kier alpha value is -2.33. The lowest BCUT2D eigenvalue weighted by Crippen LogP contribution is -2.21. The smallest absolute Gasteiger partial charge is 0.216 e. The molecule has 0 aliphatic carbocycles. The van der Waals surface area contributed by atoms with E-state index < -0.39 is 0 Å². The van der Waals surface area contributed by atoms with E-state index in [0.29, 0.717) is 22.7 Å². The summed E-state index contributed by atoms with van der Waals surface area (Å²) in [4.78, 5) is 8.63. The Morgan fingerprint density at radius 3 is 2.67 bits per heavy atom. The minimum Gasteiger partial charge on any atom is -0.507 e. The number of hydrogen-bond acceptors (Lipinski definition) is 4. The highest BCUT2D eigenvalue weighted by Crippen LogP contribution is 2.30. The van der Waals surface area contributed by atoms with Crippen molar-refractivity contribution >= 4 is 23.3 Å². The molecule has 0 amide bonds. The predicted octanol–water partition coefficient (Wildman–Crippen LogP) is 3.29. The lowest BCUT2D eigenvalue weighted by molar-refractivity contribution is 0.474. The van der Waals surface area contributed by atoms with Crippen LogP contribution < -0.4 is 5.73 Å². The number of benzene rings is 2. The van der Waals surface area contributed by atoms with Gasteiger partial charge in [-0.1, -0.05) is 41.9 Å². The van der Waals surface area contributed by atoms with Gasteiger partial charge in [-0.2, -0.15) is 0 Å². The monoisotopic (exact) mass is 299 g/mol. The molecule has 2 aromatic carbocycles. The number of nitrogens with zero attached hydrogens (tertiary/aromatic N) is 2. The summed E-state index contributed by atoms with van der Waals surface area (Å²) in [5.41, 5.74) is 8.18. The van der Waals surface area contributed by atoms with Crippen molar-refractivity contribution in [1.29, 1.82) is 0 Å². The molecule has 21 heavy (non-hydrogen) atoms. The van der Waals surface area contributed by atoms with Crippen LogP contribution in [0.1, 0.15) is 23.6 Å². The summed E-state index contributed by atoms with van der Waals surface area (Å²) < 4.78 is 0. The molecule has 5 heteroatoms. The topological polar surface area (TPSA) is 71.0 Å². The van der Waals surface area contributed by atoms with Crippen LogP contribution in [0, 0.1) is 0 Å². The molecule has 0 bridgehead atoms. The van der Waals surface area contributed by atoms with Gasteiger partial charge in [-0.25, -0.2) is 9.98 Å². The molecule has 0 unspecified atom stereocenters. The summed E-state index contributed by atoms with van der Waals surface area (Å²) in [6.07, 6.45) is 0.568. The quantitative estimate of drug-likeness (QED) is 0.893. The van der Waals surface area contributed by atoms with E-state index in [1.165, 1.54) is 0 Å². The first kappa shape index (κ1) is 13.6. The molecular formula is C16H14ClN3O. The Bertz CT molecular complexity index is 726. The summed E-state index contributed by atoms with van der Waals surface area (Å²) in [5.74, 6) is 0.351. The van der Waals surface area contributed by atoms with E-state index in [1.807, 2.05) is 30.3 Å². The zero-order chi connectivity index (χ0) is 14.8. The zero-order valence-corrected chi connectivity index (χ0v) is 12.0. The molecule has 0 saturated heterocycles. The van der Waals surface area contributed by atoms with Gasteiger partial charge < -0.3 is 10.8 Å². The first-order chi connectivity index (χ1) is 10.1. The minimum atomic E-state index is -0.0999. The number of aliphatic imine (C=N–C) groups is 2. The largest absolute Gasteiger partial charge is 0.507 e. The second-order valence-corrected chi connectivity index (χ2v) is 5.27. The summed E-state index contributed by atoms with van der Waals surface area (Å²) in [5, 5.41) is 10.6. The average Bonchev–Trinajstić information content (AvgIpc) is 2.50. The van der Waals surface area contributed by atoms with Crippen LogP contribution in [0.2, 0.25) is 5.02 Å². The number of nitrogens with two attached hydrogens (primary N) is 1. The highest BCUT2D eigenvalue weighted by molar-refractivity contribution is 6.31. The molecule has 3 N–H and O–H groups in total. The molecule has 2 aromatic rings. The van der Waals surface area contributed by atoms with E-state index in [9.17, 15) is 5.11 Å². The highest BCUT2D eigenvalue weighted by Gasteiger charge is 2.21. The Kier molecular flexibility index (Phi) is 3.62. The molecule has 0 radical (unpaired) electrons. The molecule has 0 aromatic heterocycles. The molecule has 0 spiro atoms. The van der Waals surface area contributed by atoms with Gasteiger partial charge in [0.05, 0.1) is 11.8 Å². The molecular weight excluding hydrogens is 286 g/mol. The molecule has 0 saturated carbocycles. The van der Waals surface area contributed by atoms with E-state index in [2.05, 4.69) is 9.98 Å². The van der Waals surface area contributed by atoms with Gasteiger partial charge in [-0.3, -0.25) is 0 Å². The Morgan fingerprint density at radius 2 is 1.90 bits per heavy atom. The van der Waals surface area contributed by atoms with E-state index in [-0.39, 0.29) is 17.8 Å². The fraction of sp³-hybridized carbons (Fsp3) is 0.125. The fourth-order valence-corrected chi connectivity index (χ4v) is 2.55. The van der Waals surface area contributed by atoms with Crippen molar-refractivity contribution in [2.45, 2.75) is 12.5 Å². The molecule has 106 valence electrons. The summed E-state index contributed by atoms with van der Waals surface area (Å²) in [6, 6.07) is 14.7. The van der Waals surface area contributed by atoms with Crippen LogP contribution in [0.25, 0.3) is 0 Å². The van der Waals surface area contributed by atoms with Gasteiger partial charge in [0.25, 0.3) is 0 Å². The second-order valence-electron chi connectivity index (χ2n) is 4.84. The maximum Gasteiger partial charge on any atom is 0.216 e. The van der Waals surface area contributed by atoms with Crippen molar-refractivity contribution in [2.24, 2.45) is 15.7 Å². The van der Waals surface area contributed by atoms with Crippen molar-refractivity contribution in [3.8, 4) is 5.75 Å². The van der Waals surface area contributed by atoms with Gasteiger partial charge in [-0.05, 0) is 23.8 Å². The fourth-order valence-electron chi connectivity index (χ4n) is 2.38. The van der Waals surface area contributed by atoms with Gasteiger partial charge in [0.1, 0.15) is 5.75 Å². The number of phenols is 1. The van der Waals surface area contributed by atoms with E-state index in [4.69, 9.17) is 17.3 Å². The molecule has 0 fully saturated rings. The third-order valence-electron chi connectivity index (χ3n) is 3.38. The van der Waals surface area contributed by atoms with Crippen LogP contribution in [0.4, 0.5) is 0 Å². The van der Waals surface area contributed by atoms with Crippen LogP contribution in [-0.2, 0) is 0 Å². The van der Waals surface area contributed by atoms with Gasteiger partial charge in [0.15, 0.2) is 0 Å². The molecule has 4 nitrogen and oxygen atoms in total. The summed E-state index contributed by atoms with van der Waals surface area (Å²) in [6.45, 7) is 0. The van der Waals surface area contributed by atoms with Gasteiger partial charge >= 0.3 is 0 Å². The first-order valence-corrected chi connectivity index (χ1v) is 6.96. The van der Waals surface area contributed by atoms with E-state index >= 15 is 0 Å². The normalized spacial score (nSPS) is 18.0. The number of phenolic OH excluding ortho intramolecular Hbond substituents is 1. The van der Waals surface area contributed by atoms with Gasteiger partial charge in [-0.15, -0.1) is 0 Å². The van der Waals surface area contributed by atoms with Crippen LogP contribution in [0.5, 0.6) is 5.75 Å². The lowest BCUT2D eigenvalue weighted by atomic mass is 9.96. The van der Waals surface area contributed by atoms with Crippen molar-refractivity contribution in [1.82, 2.24) is 0 Å². The standard InChI is InChI=1S/C16H14ClN3O/c17-11-6-7-15(21)12(8-11)14-9-13(19-16(18)20-14)10-4-2-1-3-5-10/h1-8,13,21H,9H2,(H2,18,19)/t13-/m0/s1. The van der Waals surface area contributed by atoms with Crippen molar-refractivity contribution in [2.75, 3.05) is 0 Å². The molecule has 1 heterocycles. The van der Waals surface area contributed by atoms with Crippen molar-refractivity contribution in [3.05, 3.63) is 64.7 Å². The third-order valence-corrected chi connectivity index (χ3v) is 3.61. The lowest BCUT2D eigenvalue weighted by Gasteiger charge is -2.20. The maximum absolute atomic E-state index is 10.0. The maximum atomic E-state index is 10.0. The minimum absolute atomic E-state index is 0.0999. The van der Waals surface area contributed by atoms with Crippen molar-refractivity contribution < 1.29 is 5.11 Å². The number of guanidine groups is 1. The number of halogens is 1. The molecule has 1 aliphatic heterocycles. The Balaban J connectivity index is 1.98. The zero-order valence-electron chi connectivity index (χ0n) is 11.2. The van der Waals surface area contributed by atoms with E-state index in [1.54, 1.807) is 18.2 Å². The van der Waals surface area contributed by atoms with Crippen LogP contribution in [0.15, 0.2) is 58.5 Å². The molecule has 3 rings (SSSR count). The number of rotatable bonds is 2. The van der Waals surface area contributed by atoms with Crippen LogP contribution in [-0.4, -0.2) is 16.8 Å². The van der Waals surface area contributed by atoms with Gasteiger partial charge in [0.2, 0.25) is 5.96 Å². The van der Waals surface area contributed by atoms with Gasteiger partial charge in [0, 0.05) is 17.0 Å². The number of aromatic hydroxyl groups is 1. The Morgan fingerprint density at radius 1 is 1.14 bits per heavy atom. The molecule has 1 atom stereocenters. The average molecular weight is 300 g/mol. The highest BCUT2D eigenvalue weighted by atomic mass is 35.5. The van der Waals surface area contributed by atoms with Crippen molar-refractivity contribution in [3.63, 3.8) is 0 Å². The summed E-state index contributed by atoms with van der Waals surface area (Å²) >= 11 is 6.00. The SMILES string of the molecule is NC1=N[C@H](c2ccccc2)CC(c2cc(Cl)ccc2O)=N1. The molecule has 1 aliphatic rings. The Labute approximate surface area is 127 Å². The third kappa shape index (κ3) is 2.90. The number of hydrogen-bond donors (Lipinski definition) is 2. The van der Waals surface area contributed by atoms with Crippen LogP contribution >= 0.6 is 11.6 Å². The first-order valence-electron chi connectivity index (χ1n) is 6.58. The van der Waals surface area contributed by atoms with E-state index in [0.717, 1.165) is 5.56 Å². The predicted molar refractivity (Wildman–Crippen MR) is 85.1 cm³/mol. The van der Waals surface area contributed by atoms with Crippen LogP contribution in [0.3, 0.4) is 0 Å². The summed E-state index contributed by atoms with van der Waals surface area (Å²) in [7, 11) is 0. The second kappa shape index (κ2) is 5.58.